The number of rotatable bonds is 0. The minimum atomic E-state index is 0.182. The third-order valence-corrected chi connectivity index (χ3v) is 11.9. The van der Waals surface area contributed by atoms with E-state index in [2.05, 4.69) is 0 Å². The summed E-state index contributed by atoms with van der Waals surface area (Å²) in [4.78, 5) is 15.4. The Morgan fingerprint density at radius 1 is 0.783 bits per heavy atom. The van der Waals surface area contributed by atoms with Crippen LogP contribution in [0.5, 0.6) is 0 Å². The zero-order valence-corrected chi connectivity index (χ0v) is 16.6. The molecule has 120 valence electrons. The van der Waals surface area contributed by atoms with Gasteiger partial charge >= 0.3 is 0 Å². The highest BCUT2D eigenvalue weighted by atomic mass is 32.2. The van der Waals surface area contributed by atoms with Crippen molar-refractivity contribution in [3.05, 3.63) is 37.9 Å². The summed E-state index contributed by atoms with van der Waals surface area (Å²) >= 11 is 9.79. The van der Waals surface area contributed by atoms with Crippen LogP contribution < -0.4 is 13.1 Å². The molecule has 1 aromatic rings. The summed E-state index contributed by atoms with van der Waals surface area (Å²) in [5.74, 6) is 0. The van der Waals surface area contributed by atoms with Gasteiger partial charge in [-0.25, -0.2) is 0 Å². The average Bonchev–Trinajstić information content (AvgIpc) is 3.27. The fourth-order valence-corrected chi connectivity index (χ4v) is 10.6. The Labute approximate surface area is 157 Å². The Kier molecular flexibility index (Phi) is 4.07. The standard InChI is InChI=1S/C14H10O3S6/c15-9-8(12-18-6-2-1-3-7(6)19-12)20-13(21-9)14-22-10-11(23-14)17-5-4-16-10/h1-5H2. The van der Waals surface area contributed by atoms with Crippen molar-refractivity contribution in [1.29, 1.82) is 0 Å². The average molecular weight is 419 g/mol. The topological polar surface area (TPSA) is 35.5 Å². The van der Waals surface area contributed by atoms with E-state index < -0.39 is 0 Å². The molecular formula is C14H10O3S6. The molecule has 0 amide bonds. The summed E-state index contributed by atoms with van der Waals surface area (Å²) in [6.07, 6.45) is 3.63. The van der Waals surface area contributed by atoms with Crippen molar-refractivity contribution in [3.8, 4) is 0 Å². The second kappa shape index (κ2) is 6.10. The second-order valence-electron chi connectivity index (χ2n) is 5.06. The van der Waals surface area contributed by atoms with Gasteiger partial charge in [0.25, 0.3) is 4.74 Å². The van der Waals surface area contributed by atoms with Gasteiger partial charge in [0.05, 0.1) is 8.47 Å². The van der Waals surface area contributed by atoms with Gasteiger partial charge in [0.1, 0.15) is 21.6 Å². The van der Waals surface area contributed by atoms with Crippen molar-refractivity contribution in [1.82, 2.24) is 0 Å². The first-order valence-electron chi connectivity index (χ1n) is 7.10. The molecule has 0 bridgehead atoms. The van der Waals surface area contributed by atoms with Crippen molar-refractivity contribution >= 4 is 78.2 Å². The summed E-state index contributed by atoms with van der Waals surface area (Å²) in [6, 6.07) is 0. The van der Waals surface area contributed by atoms with Gasteiger partial charge in [-0.15, -0.1) is 11.3 Å². The molecule has 4 heterocycles. The van der Waals surface area contributed by atoms with Crippen LogP contribution in [0, 0.1) is 0 Å². The Balaban J connectivity index is 1.54. The van der Waals surface area contributed by atoms with Crippen molar-refractivity contribution < 1.29 is 9.47 Å². The monoisotopic (exact) mass is 418 g/mol. The zero-order valence-electron chi connectivity index (χ0n) is 11.7. The Morgan fingerprint density at radius 2 is 1.43 bits per heavy atom. The van der Waals surface area contributed by atoms with Crippen LogP contribution in [-0.4, -0.2) is 13.2 Å². The fraction of sp³-hybridized carbons (Fsp3) is 0.357. The molecule has 0 radical (unpaired) electrons. The summed E-state index contributed by atoms with van der Waals surface area (Å²) in [5, 5.41) is 1.70. The third kappa shape index (κ3) is 2.73. The van der Waals surface area contributed by atoms with E-state index in [1.807, 2.05) is 23.5 Å². The van der Waals surface area contributed by atoms with E-state index in [9.17, 15) is 4.79 Å². The maximum Gasteiger partial charge on any atom is 0.252 e. The largest absolute Gasteiger partial charge is 0.480 e. The molecule has 0 spiro atoms. The van der Waals surface area contributed by atoms with Crippen molar-refractivity contribution in [2.24, 2.45) is 0 Å². The quantitative estimate of drug-likeness (QED) is 0.633. The van der Waals surface area contributed by atoms with Crippen LogP contribution >= 0.6 is 69.7 Å². The van der Waals surface area contributed by atoms with Crippen LogP contribution in [-0.2, 0) is 9.47 Å². The predicted octanol–water partition coefficient (Wildman–Crippen LogP) is 3.83. The van der Waals surface area contributed by atoms with Crippen LogP contribution in [0.1, 0.15) is 19.3 Å². The molecule has 0 fully saturated rings. The lowest BCUT2D eigenvalue weighted by Crippen LogP contribution is -2.14. The number of thioether (sulfide) groups is 4. The molecular weight excluding hydrogens is 409 g/mol. The Hall–Kier alpha value is 0.0700. The molecule has 23 heavy (non-hydrogen) atoms. The van der Waals surface area contributed by atoms with Crippen LogP contribution in [0.3, 0.4) is 0 Å². The molecule has 9 heteroatoms. The normalized spacial score (nSPS) is 23.3. The van der Waals surface area contributed by atoms with E-state index in [-0.39, 0.29) is 4.74 Å². The Morgan fingerprint density at radius 3 is 2.09 bits per heavy atom. The molecule has 4 aliphatic rings. The highest BCUT2D eigenvalue weighted by Gasteiger charge is 2.29. The van der Waals surface area contributed by atoms with E-state index in [4.69, 9.17) is 9.47 Å². The summed E-state index contributed by atoms with van der Waals surface area (Å²) < 4.78 is 15.7. The third-order valence-electron chi connectivity index (χ3n) is 3.56. The van der Waals surface area contributed by atoms with E-state index in [1.54, 1.807) is 34.9 Å². The highest BCUT2D eigenvalue weighted by Crippen LogP contribution is 2.56. The predicted molar refractivity (Wildman–Crippen MR) is 105 cm³/mol. The second-order valence-corrected chi connectivity index (χ2v) is 12.0. The summed E-state index contributed by atoms with van der Waals surface area (Å²) in [7, 11) is 0. The molecule has 3 nitrogen and oxygen atoms in total. The molecule has 0 atom stereocenters. The van der Waals surface area contributed by atoms with Gasteiger partial charge in [-0.3, -0.25) is 4.79 Å². The number of allylic oxidation sites excluding steroid dienone is 2. The van der Waals surface area contributed by atoms with E-state index in [0.29, 0.717) is 13.2 Å². The van der Waals surface area contributed by atoms with Gasteiger partial charge in [0.15, 0.2) is 0 Å². The molecule has 0 aromatic carbocycles. The lowest BCUT2D eigenvalue weighted by molar-refractivity contribution is 0.0949. The minimum absolute atomic E-state index is 0.182. The van der Waals surface area contributed by atoms with E-state index in [0.717, 1.165) is 22.8 Å². The molecule has 0 saturated heterocycles. The smallest absolute Gasteiger partial charge is 0.252 e. The number of ether oxygens (including phenoxy) is 2. The van der Waals surface area contributed by atoms with Crippen LogP contribution in [0.15, 0.2) is 24.8 Å². The number of hydrogen-bond acceptors (Lipinski definition) is 9. The first-order valence-corrected chi connectivity index (χ1v) is 12.0. The van der Waals surface area contributed by atoms with Crippen molar-refractivity contribution in [2.45, 2.75) is 19.3 Å². The molecule has 5 rings (SSSR count). The first kappa shape index (κ1) is 15.3. The van der Waals surface area contributed by atoms with Crippen LogP contribution in [0.25, 0.3) is 8.47 Å². The van der Waals surface area contributed by atoms with Gasteiger partial charge in [0, 0.05) is 9.81 Å². The highest BCUT2D eigenvalue weighted by molar-refractivity contribution is 8.36. The summed E-state index contributed by atoms with van der Waals surface area (Å²) in [5.41, 5.74) is 0. The molecule has 1 aliphatic carbocycles. The summed E-state index contributed by atoms with van der Waals surface area (Å²) in [6.45, 7) is 1.21. The van der Waals surface area contributed by atoms with Crippen molar-refractivity contribution in [2.75, 3.05) is 13.2 Å². The number of hydrogen-bond donors (Lipinski definition) is 0. The van der Waals surface area contributed by atoms with Gasteiger partial charge in [-0.2, -0.15) is 0 Å². The molecule has 0 N–H and O–H groups in total. The lowest BCUT2D eigenvalue weighted by Gasteiger charge is -2.13. The SMILES string of the molecule is O=c1sc(=C2SC3=C(OCCO3)S2)sc1=C1SC2=C(CCC2)S1. The molecule has 0 unspecified atom stereocenters. The minimum Gasteiger partial charge on any atom is -0.480 e. The zero-order chi connectivity index (χ0) is 15.4. The fourth-order valence-electron chi connectivity index (χ4n) is 2.54. The first-order chi connectivity index (χ1) is 11.3. The van der Waals surface area contributed by atoms with Gasteiger partial charge in [0.2, 0.25) is 10.2 Å². The Bertz CT molecular complexity index is 896. The molecule has 1 aromatic heterocycles. The van der Waals surface area contributed by atoms with Gasteiger partial charge < -0.3 is 9.47 Å². The van der Waals surface area contributed by atoms with Crippen molar-refractivity contribution in [3.63, 3.8) is 0 Å². The maximum absolute atomic E-state index is 12.5. The maximum atomic E-state index is 12.5. The van der Waals surface area contributed by atoms with E-state index >= 15 is 0 Å². The van der Waals surface area contributed by atoms with Gasteiger partial charge in [-0.1, -0.05) is 34.9 Å². The van der Waals surface area contributed by atoms with E-state index in [1.165, 1.54) is 44.6 Å². The van der Waals surface area contributed by atoms with Crippen LogP contribution in [0.4, 0.5) is 0 Å². The lowest BCUT2D eigenvalue weighted by atomic mass is 10.4. The molecule has 3 aliphatic heterocycles. The van der Waals surface area contributed by atoms with Gasteiger partial charge in [-0.05, 0) is 42.8 Å². The van der Waals surface area contributed by atoms with Crippen LogP contribution in [0.2, 0.25) is 0 Å². The molecule has 0 saturated carbocycles.